The van der Waals surface area contributed by atoms with Crippen molar-refractivity contribution in [2.75, 3.05) is 17.9 Å². The Hall–Kier alpha value is -2.94. The number of hydrogen-bond donors (Lipinski definition) is 1. The first-order valence-electron chi connectivity index (χ1n) is 6.89. The summed E-state index contributed by atoms with van der Waals surface area (Å²) in [5.41, 5.74) is -0.227. The largest absolute Gasteiger partial charge is 0.358 e. The van der Waals surface area contributed by atoms with Gasteiger partial charge in [0.15, 0.2) is 0 Å². The maximum atomic E-state index is 12.8. The van der Waals surface area contributed by atoms with E-state index in [-0.39, 0.29) is 16.3 Å². The number of carbonyl (C=O) groups is 1. The number of nitrogens with one attached hydrogen (secondary N) is 1. The molecule has 9 heteroatoms. The lowest BCUT2D eigenvalue weighted by Gasteiger charge is -2.23. The zero-order chi connectivity index (χ0) is 17.7. The van der Waals surface area contributed by atoms with E-state index in [0.29, 0.717) is 0 Å². The molecule has 0 atom stereocenters. The van der Waals surface area contributed by atoms with Crippen molar-refractivity contribution in [3.05, 3.63) is 64.7 Å². The Morgan fingerprint density at radius 3 is 2.42 bits per heavy atom. The molecule has 0 spiro atoms. The number of rotatable bonds is 6. The van der Waals surface area contributed by atoms with Crippen LogP contribution < -0.4 is 9.62 Å². The third kappa shape index (κ3) is 3.69. The number of benzene rings is 2. The summed E-state index contributed by atoms with van der Waals surface area (Å²) in [6, 6.07) is 12.7. The predicted molar refractivity (Wildman–Crippen MR) is 88.1 cm³/mol. The summed E-state index contributed by atoms with van der Waals surface area (Å²) in [6.07, 6.45) is 0. The second kappa shape index (κ2) is 7.09. The highest BCUT2D eigenvalue weighted by Gasteiger charge is 2.27. The highest BCUT2D eigenvalue weighted by atomic mass is 32.2. The molecule has 1 N–H and O–H groups in total. The highest BCUT2D eigenvalue weighted by Crippen LogP contribution is 2.26. The van der Waals surface area contributed by atoms with Gasteiger partial charge >= 0.3 is 0 Å². The first-order valence-corrected chi connectivity index (χ1v) is 8.33. The van der Waals surface area contributed by atoms with Crippen LogP contribution in [0.3, 0.4) is 0 Å². The van der Waals surface area contributed by atoms with Crippen LogP contribution in [0.4, 0.5) is 11.4 Å². The minimum atomic E-state index is -4.05. The Bertz CT molecular complexity index is 852. The number of amides is 1. The Morgan fingerprint density at radius 1 is 1.17 bits per heavy atom. The molecule has 0 aromatic heterocycles. The van der Waals surface area contributed by atoms with E-state index in [1.54, 1.807) is 18.2 Å². The molecule has 0 aliphatic carbocycles. The first kappa shape index (κ1) is 17.4. The summed E-state index contributed by atoms with van der Waals surface area (Å²) in [4.78, 5) is 22.0. The number of hydrogen-bond acceptors (Lipinski definition) is 5. The molecule has 1 amide bonds. The fraction of sp³-hybridized carbons (Fsp3) is 0.133. The smallest absolute Gasteiger partial charge is 0.271 e. The lowest BCUT2D eigenvalue weighted by Crippen LogP contribution is -2.39. The van der Waals surface area contributed by atoms with Crippen LogP contribution in [0.2, 0.25) is 0 Å². The molecule has 126 valence electrons. The molecule has 0 fully saturated rings. The van der Waals surface area contributed by atoms with E-state index in [1.807, 2.05) is 0 Å². The van der Waals surface area contributed by atoms with E-state index < -0.39 is 27.4 Å². The topological polar surface area (TPSA) is 110 Å². The Balaban J connectivity index is 2.55. The lowest BCUT2D eigenvalue weighted by molar-refractivity contribution is -0.384. The van der Waals surface area contributed by atoms with Gasteiger partial charge in [0, 0.05) is 19.2 Å². The number of anilines is 1. The van der Waals surface area contributed by atoms with Crippen molar-refractivity contribution >= 4 is 27.3 Å². The number of carbonyl (C=O) groups excluding carboxylic acids is 1. The van der Waals surface area contributed by atoms with Crippen LogP contribution in [0.25, 0.3) is 0 Å². The molecule has 0 aliphatic rings. The van der Waals surface area contributed by atoms with Gasteiger partial charge in [0.25, 0.3) is 15.7 Å². The molecule has 0 saturated carbocycles. The van der Waals surface area contributed by atoms with Crippen LogP contribution in [0.15, 0.2) is 59.5 Å². The van der Waals surface area contributed by atoms with Crippen molar-refractivity contribution < 1.29 is 18.1 Å². The third-order valence-electron chi connectivity index (χ3n) is 3.23. The van der Waals surface area contributed by atoms with Gasteiger partial charge < -0.3 is 5.32 Å². The normalized spacial score (nSPS) is 10.9. The molecule has 24 heavy (non-hydrogen) atoms. The molecule has 0 heterocycles. The summed E-state index contributed by atoms with van der Waals surface area (Å²) in [6.45, 7) is -0.491. The molecular weight excluding hydrogens is 334 g/mol. The number of sulfonamides is 1. The van der Waals surface area contributed by atoms with E-state index in [0.717, 1.165) is 10.4 Å². The van der Waals surface area contributed by atoms with Crippen LogP contribution in [-0.2, 0) is 14.8 Å². The molecule has 0 unspecified atom stereocenters. The van der Waals surface area contributed by atoms with Gasteiger partial charge in [-0.05, 0) is 18.2 Å². The molecule has 2 aromatic carbocycles. The second-order valence-electron chi connectivity index (χ2n) is 4.77. The van der Waals surface area contributed by atoms with E-state index >= 15 is 0 Å². The van der Waals surface area contributed by atoms with Gasteiger partial charge in [0.05, 0.1) is 15.5 Å². The van der Waals surface area contributed by atoms with Crippen molar-refractivity contribution in [3.8, 4) is 0 Å². The lowest BCUT2D eigenvalue weighted by atomic mass is 10.3. The number of likely N-dealkylation sites (N-methyl/N-ethyl adjacent to an activating group) is 1. The molecule has 0 bridgehead atoms. The standard InChI is InChI=1S/C15H15N3O5S/c1-16-15(19)11-17(12-6-5-7-13(10-12)18(20)21)24(22,23)14-8-3-2-4-9-14/h2-10H,11H2,1H3,(H,16,19). The van der Waals surface area contributed by atoms with Gasteiger partial charge in [-0.2, -0.15) is 0 Å². The highest BCUT2D eigenvalue weighted by molar-refractivity contribution is 7.92. The average Bonchev–Trinajstić information content (AvgIpc) is 2.60. The van der Waals surface area contributed by atoms with Crippen LogP contribution >= 0.6 is 0 Å². The van der Waals surface area contributed by atoms with Crippen molar-refractivity contribution in [2.45, 2.75) is 4.90 Å². The Labute approximate surface area is 138 Å². The number of nitro benzene ring substituents is 1. The SMILES string of the molecule is CNC(=O)CN(c1cccc([N+](=O)[O-])c1)S(=O)(=O)c1ccccc1. The summed E-state index contributed by atoms with van der Waals surface area (Å²) < 4.78 is 26.5. The summed E-state index contributed by atoms with van der Waals surface area (Å²) in [5.74, 6) is -0.541. The molecule has 8 nitrogen and oxygen atoms in total. The summed E-state index contributed by atoms with van der Waals surface area (Å²) >= 11 is 0. The molecule has 2 aromatic rings. The fourth-order valence-corrected chi connectivity index (χ4v) is 3.44. The zero-order valence-corrected chi connectivity index (χ0v) is 13.6. The summed E-state index contributed by atoms with van der Waals surface area (Å²) in [7, 11) is -2.67. The van der Waals surface area contributed by atoms with E-state index in [2.05, 4.69) is 5.32 Å². The van der Waals surface area contributed by atoms with Crippen molar-refractivity contribution in [1.82, 2.24) is 5.32 Å². The van der Waals surface area contributed by atoms with Crippen molar-refractivity contribution in [3.63, 3.8) is 0 Å². The predicted octanol–water partition coefficient (Wildman–Crippen LogP) is 1.54. The van der Waals surface area contributed by atoms with Crippen LogP contribution in [0.1, 0.15) is 0 Å². The van der Waals surface area contributed by atoms with Gasteiger partial charge in [0.2, 0.25) is 5.91 Å². The van der Waals surface area contributed by atoms with Gasteiger partial charge in [-0.3, -0.25) is 19.2 Å². The monoisotopic (exact) mass is 349 g/mol. The Morgan fingerprint density at radius 2 is 1.83 bits per heavy atom. The van der Waals surface area contributed by atoms with E-state index in [9.17, 15) is 23.3 Å². The quantitative estimate of drug-likeness (QED) is 0.628. The zero-order valence-electron chi connectivity index (χ0n) is 12.7. The molecule has 2 rings (SSSR count). The minimum Gasteiger partial charge on any atom is -0.358 e. The molecule has 0 saturated heterocycles. The second-order valence-corrected chi connectivity index (χ2v) is 6.64. The van der Waals surface area contributed by atoms with E-state index in [1.165, 1.54) is 37.4 Å². The van der Waals surface area contributed by atoms with Gasteiger partial charge in [-0.15, -0.1) is 0 Å². The number of nitrogens with zero attached hydrogens (tertiary/aromatic N) is 2. The third-order valence-corrected chi connectivity index (χ3v) is 5.01. The van der Waals surface area contributed by atoms with Gasteiger partial charge in [-0.25, -0.2) is 8.42 Å². The maximum Gasteiger partial charge on any atom is 0.271 e. The van der Waals surface area contributed by atoms with Crippen molar-refractivity contribution in [2.24, 2.45) is 0 Å². The average molecular weight is 349 g/mol. The van der Waals surface area contributed by atoms with Crippen molar-refractivity contribution in [1.29, 1.82) is 0 Å². The van der Waals surface area contributed by atoms with E-state index in [4.69, 9.17) is 0 Å². The number of nitro groups is 1. The Kier molecular flexibility index (Phi) is 5.14. The first-order chi connectivity index (χ1) is 11.4. The summed E-state index contributed by atoms with van der Waals surface area (Å²) in [5, 5.41) is 13.3. The fourth-order valence-electron chi connectivity index (χ4n) is 2.01. The number of non-ortho nitro benzene ring substituents is 1. The maximum absolute atomic E-state index is 12.8. The van der Waals surface area contributed by atoms with Gasteiger partial charge in [0.1, 0.15) is 6.54 Å². The molecule has 0 radical (unpaired) electrons. The van der Waals surface area contributed by atoms with Crippen LogP contribution in [-0.4, -0.2) is 32.8 Å². The molecular formula is C15H15N3O5S. The molecule has 0 aliphatic heterocycles. The van der Waals surface area contributed by atoms with Gasteiger partial charge in [-0.1, -0.05) is 24.3 Å². The minimum absolute atomic E-state index is 0.0135. The van der Waals surface area contributed by atoms with Crippen LogP contribution in [0.5, 0.6) is 0 Å². The van der Waals surface area contributed by atoms with Crippen LogP contribution in [0, 0.1) is 10.1 Å².